The molecule has 0 spiro atoms. The van der Waals surface area contributed by atoms with Crippen LogP contribution < -0.4 is 16.1 Å². The van der Waals surface area contributed by atoms with Gasteiger partial charge in [-0.05, 0) is 44.2 Å². The van der Waals surface area contributed by atoms with Crippen LogP contribution in [0.4, 0.5) is 11.4 Å². The van der Waals surface area contributed by atoms with Crippen molar-refractivity contribution >= 4 is 53.9 Å². The molecule has 0 atom stereocenters. The molecule has 0 saturated carbocycles. The molecule has 2 N–H and O–H groups in total. The lowest BCUT2D eigenvalue weighted by Crippen LogP contribution is -2.08. The van der Waals surface area contributed by atoms with E-state index in [9.17, 15) is 4.79 Å². The summed E-state index contributed by atoms with van der Waals surface area (Å²) in [4.78, 5) is 17.5. The molecule has 0 aliphatic carbocycles. The lowest BCUT2D eigenvalue weighted by Gasteiger charge is -2.14. The van der Waals surface area contributed by atoms with Crippen molar-refractivity contribution in [3.8, 4) is 0 Å². The van der Waals surface area contributed by atoms with E-state index in [0.717, 1.165) is 50.3 Å². The van der Waals surface area contributed by atoms with Gasteiger partial charge in [-0.25, -0.2) is 4.98 Å². The summed E-state index contributed by atoms with van der Waals surface area (Å²) in [6.45, 7) is 5.64. The van der Waals surface area contributed by atoms with Crippen molar-refractivity contribution in [3.05, 3.63) is 52.7 Å². The van der Waals surface area contributed by atoms with Gasteiger partial charge in [0, 0.05) is 29.9 Å². The minimum Gasteiger partial charge on any atom is -0.385 e. The van der Waals surface area contributed by atoms with Crippen LogP contribution in [0, 0.1) is 0 Å². The Morgan fingerprint density at radius 3 is 2.48 bits per heavy atom. The van der Waals surface area contributed by atoms with Gasteiger partial charge < -0.3 is 10.6 Å². The van der Waals surface area contributed by atoms with Gasteiger partial charge in [-0.2, -0.15) is 0 Å². The molecule has 0 bridgehead atoms. The SMILES string of the molecule is CCNc1cc2sc3ccccc3nc2c2c(NCC)ccc(=O)c12. The first-order valence-corrected chi connectivity index (χ1v) is 9.31. The lowest BCUT2D eigenvalue weighted by molar-refractivity contribution is 1.21. The second-order valence-corrected chi connectivity index (χ2v) is 6.96. The van der Waals surface area contributed by atoms with Crippen LogP contribution in [0.25, 0.3) is 31.2 Å². The molecule has 0 aliphatic heterocycles. The fourth-order valence-electron chi connectivity index (χ4n) is 3.22. The molecule has 126 valence electrons. The van der Waals surface area contributed by atoms with Crippen molar-refractivity contribution in [2.45, 2.75) is 13.8 Å². The van der Waals surface area contributed by atoms with Gasteiger partial charge in [-0.1, -0.05) is 12.1 Å². The van der Waals surface area contributed by atoms with Crippen LogP contribution in [0.5, 0.6) is 0 Å². The molecular formula is C20H19N3OS. The monoisotopic (exact) mass is 349 g/mol. The Bertz CT molecular complexity index is 1150. The summed E-state index contributed by atoms with van der Waals surface area (Å²) in [7, 11) is 0. The first-order chi connectivity index (χ1) is 12.2. The Morgan fingerprint density at radius 1 is 0.920 bits per heavy atom. The van der Waals surface area contributed by atoms with E-state index in [1.165, 1.54) is 0 Å². The molecule has 0 radical (unpaired) electrons. The third-order valence-electron chi connectivity index (χ3n) is 4.23. The summed E-state index contributed by atoms with van der Waals surface area (Å²) in [5.41, 5.74) is 3.69. The van der Waals surface area contributed by atoms with E-state index in [2.05, 4.69) is 29.7 Å². The summed E-state index contributed by atoms with van der Waals surface area (Å²) in [5, 5.41) is 8.36. The molecule has 4 aromatic rings. The number of rotatable bonds is 4. The second kappa shape index (κ2) is 6.33. The summed E-state index contributed by atoms with van der Waals surface area (Å²) in [6.07, 6.45) is 0. The zero-order valence-electron chi connectivity index (χ0n) is 14.2. The van der Waals surface area contributed by atoms with Crippen LogP contribution in [-0.4, -0.2) is 18.1 Å². The topological polar surface area (TPSA) is 54.0 Å². The zero-order valence-corrected chi connectivity index (χ0v) is 15.0. The van der Waals surface area contributed by atoms with Crippen molar-refractivity contribution in [1.82, 2.24) is 4.98 Å². The van der Waals surface area contributed by atoms with Crippen molar-refractivity contribution < 1.29 is 0 Å². The number of anilines is 2. The highest BCUT2D eigenvalue weighted by Gasteiger charge is 2.15. The molecule has 1 aromatic heterocycles. The molecule has 0 saturated heterocycles. The van der Waals surface area contributed by atoms with E-state index in [4.69, 9.17) is 4.98 Å². The third kappa shape index (κ3) is 2.61. The van der Waals surface area contributed by atoms with Crippen molar-refractivity contribution in [1.29, 1.82) is 0 Å². The molecule has 0 amide bonds. The third-order valence-corrected chi connectivity index (χ3v) is 5.33. The largest absolute Gasteiger partial charge is 0.385 e. The minimum atomic E-state index is 0.0226. The average Bonchev–Trinajstić information content (AvgIpc) is 2.62. The highest BCUT2D eigenvalue weighted by atomic mass is 32.1. The van der Waals surface area contributed by atoms with Crippen LogP contribution in [0.3, 0.4) is 0 Å². The fraction of sp³-hybridized carbons (Fsp3) is 0.200. The number of nitrogens with one attached hydrogen (secondary N) is 2. The molecule has 4 rings (SSSR count). The maximum absolute atomic E-state index is 12.6. The van der Waals surface area contributed by atoms with E-state index >= 15 is 0 Å². The summed E-state index contributed by atoms with van der Waals surface area (Å²) >= 11 is 1.71. The summed E-state index contributed by atoms with van der Waals surface area (Å²) < 4.78 is 2.21. The lowest BCUT2D eigenvalue weighted by atomic mass is 10.0. The Hall–Kier alpha value is -2.66. The van der Waals surface area contributed by atoms with Crippen molar-refractivity contribution in [2.24, 2.45) is 0 Å². The maximum atomic E-state index is 12.6. The standard InChI is InChI=1S/C20H19N3OS/c1-3-21-13-9-10-15(24)18-14(22-4-2)11-17-20(19(13)18)23-12-7-5-6-8-16(12)25-17/h5-11,21-22H,3-4H2,1-2H3. The van der Waals surface area contributed by atoms with Gasteiger partial charge in [-0.3, -0.25) is 4.79 Å². The van der Waals surface area contributed by atoms with Gasteiger partial charge in [0.2, 0.25) is 0 Å². The smallest absolute Gasteiger partial charge is 0.188 e. The van der Waals surface area contributed by atoms with Crippen LogP contribution in [0.1, 0.15) is 13.8 Å². The Labute approximate surface area is 149 Å². The van der Waals surface area contributed by atoms with Gasteiger partial charge in [0.25, 0.3) is 0 Å². The summed E-state index contributed by atoms with van der Waals surface area (Å²) in [5.74, 6) is 0. The van der Waals surface area contributed by atoms with E-state index in [1.807, 2.05) is 31.2 Å². The molecule has 0 unspecified atom stereocenters. The van der Waals surface area contributed by atoms with Crippen LogP contribution >= 0.6 is 11.3 Å². The van der Waals surface area contributed by atoms with Crippen LogP contribution in [0.2, 0.25) is 0 Å². The number of fused-ring (bicyclic) bond motifs is 4. The highest BCUT2D eigenvalue weighted by molar-refractivity contribution is 7.24. The van der Waals surface area contributed by atoms with Crippen molar-refractivity contribution in [2.75, 3.05) is 23.7 Å². The molecule has 1 heterocycles. The Kier molecular flexibility index (Phi) is 4.01. The van der Waals surface area contributed by atoms with E-state index < -0.39 is 0 Å². The predicted octanol–water partition coefficient (Wildman–Crippen LogP) is 4.83. The highest BCUT2D eigenvalue weighted by Crippen LogP contribution is 2.37. The number of hydrogen-bond donors (Lipinski definition) is 2. The number of nitrogens with zero attached hydrogens (tertiary/aromatic N) is 1. The molecule has 4 nitrogen and oxygen atoms in total. The Balaban J connectivity index is 2.23. The number of para-hydroxylation sites is 1. The van der Waals surface area contributed by atoms with Crippen molar-refractivity contribution in [3.63, 3.8) is 0 Å². The number of benzene rings is 3. The fourth-order valence-corrected chi connectivity index (χ4v) is 4.25. The molecule has 5 heteroatoms. The minimum absolute atomic E-state index is 0.0226. The van der Waals surface area contributed by atoms with Gasteiger partial charge in [0.1, 0.15) is 0 Å². The molecular weight excluding hydrogens is 330 g/mol. The summed E-state index contributed by atoms with van der Waals surface area (Å²) in [6, 6.07) is 13.7. The number of hydrogen-bond acceptors (Lipinski definition) is 5. The second-order valence-electron chi connectivity index (χ2n) is 5.87. The predicted molar refractivity (Wildman–Crippen MR) is 109 cm³/mol. The average molecular weight is 349 g/mol. The van der Waals surface area contributed by atoms with Gasteiger partial charge in [0.05, 0.1) is 25.8 Å². The van der Waals surface area contributed by atoms with Gasteiger partial charge in [0.15, 0.2) is 5.43 Å². The van der Waals surface area contributed by atoms with Crippen LogP contribution in [0.15, 0.2) is 47.3 Å². The van der Waals surface area contributed by atoms with Crippen LogP contribution in [-0.2, 0) is 0 Å². The van der Waals surface area contributed by atoms with Gasteiger partial charge >= 0.3 is 0 Å². The first-order valence-electron chi connectivity index (χ1n) is 8.50. The van der Waals surface area contributed by atoms with E-state index in [1.54, 1.807) is 17.4 Å². The normalized spacial score (nSPS) is 11.3. The van der Waals surface area contributed by atoms with Gasteiger partial charge in [-0.15, -0.1) is 11.3 Å². The number of aromatic nitrogens is 1. The first kappa shape index (κ1) is 15.8. The zero-order chi connectivity index (χ0) is 17.4. The quantitative estimate of drug-likeness (QED) is 0.409. The molecule has 25 heavy (non-hydrogen) atoms. The molecule has 0 aliphatic rings. The molecule has 0 fully saturated rings. The Morgan fingerprint density at radius 2 is 1.68 bits per heavy atom. The van der Waals surface area contributed by atoms with E-state index in [-0.39, 0.29) is 5.43 Å². The molecule has 3 aromatic carbocycles. The van der Waals surface area contributed by atoms with E-state index in [0.29, 0.717) is 5.39 Å². The maximum Gasteiger partial charge on any atom is 0.188 e.